The van der Waals surface area contributed by atoms with Gasteiger partial charge in [-0.1, -0.05) is 16.8 Å². The first-order valence-corrected chi connectivity index (χ1v) is 10.0. The number of hydrogen-bond donors (Lipinski definition) is 0. The molecule has 0 saturated heterocycles. The number of sulfonamides is 1. The number of nitrogens with zero attached hydrogens (tertiary/aromatic N) is 2. The van der Waals surface area contributed by atoms with E-state index in [-0.39, 0.29) is 17.1 Å². The summed E-state index contributed by atoms with van der Waals surface area (Å²) >= 11 is 5.86. The zero-order valence-electron chi connectivity index (χ0n) is 15.1. The highest BCUT2D eigenvalue weighted by molar-refractivity contribution is 7.89. The minimum atomic E-state index is -3.55. The van der Waals surface area contributed by atoms with E-state index in [4.69, 9.17) is 20.9 Å². The van der Waals surface area contributed by atoms with Crippen molar-refractivity contribution in [1.82, 2.24) is 9.46 Å². The predicted molar refractivity (Wildman–Crippen MR) is 103 cm³/mol. The Morgan fingerprint density at radius 1 is 1.11 bits per heavy atom. The van der Waals surface area contributed by atoms with E-state index in [1.807, 2.05) is 0 Å². The molecule has 146 valence electrons. The average molecular weight is 421 g/mol. The number of halogens is 1. The highest BCUT2D eigenvalue weighted by Crippen LogP contribution is 2.23. The van der Waals surface area contributed by atoms with Gasteiger partial charge >= 0.3 is 5.97 Å². The molecule has 9 heteroatoms. The molecule has 0 atom stereocenters. The van der Waals surface area contributed by atoms with Gasteiger partial charge in [-0.3, -0.25) is 0 Å². The van der Waals surface area contributed by atoms with Crippen LogP contribution in [0, 0.1) is 0 Å². The van der Waals surface area contributed by atoms with Crippen LogP contribution in [0.15, 0.2) is 64.0 Å². The van der Waals surface area contributed by atoms with Crippen molar-refractivity contribution in [2.24, 2.45) is 0 Å². The van der Waals surface area contributed by atoms with E-state index in [2.05, 4.69) is 5.16 Å². The summed E-state index contributed by atoms with van der Waals surface area (Å²) in [7, 11) is -0.674. The van der Waals surface area contributed by atoms with Crippen LogP contribution in [0.2, 0.25) is 5.02 Å². The summed E-state index contributed by atoms with van der Waals surface area (Å²) in [5.74, 6) is -0.0641. The van der Waals surface area contributed by atoms with E-state index in [0.717, 1.165) is 9.87 Å². The van der Waals surface area contributed by atoms with Gasteiger partial charge in [0.2, 0.25) is 10.0 Å². The number of hydrogen-bond acceptors (Lipinski definition) is 6. The second-order valence-corrected chi connectivity index (χ2v) is 8.67. The number of carbonyl (C=O) groups is 1. The third kappa shape index (κ3) is 4.41. The Morgan fingerprint density at radius 3 is 2.36 bits per heavy atom. The SMILES string of the molecule is CN(C)S(=O)(=O)c1ccc(C(=O)OCc2cc(-c3ccc(Cl)cc3)on2)cc1. The normalized spacial score (nSPS) is 11.6. The van der Waals surface area contributed by atoms with Crippen LogP contribution in [0.25, 0.3) is 11.3 Å². The molecule has 0 aliphatic heterocycles. The monoisotopic (exact) mass is 420 g/mol. The van der Waals surface area contributed by atoms with Gasteiger partial charge in [-0.25, -0.2) is 17.5 Å². The molecule has 0 bridgehead atoms. The van der Waals surface area contributed by atoms with Crippen molar-refractivity contribution in [3.63, 3.8) is 0 Å². The lowest BCUT2D eigenvalue weighted by molar-refractivity contribution is 0.0464. The van der Waals surface area contributed by atoms with E-state index < -0.39 is 16.0 Å². The van der Waals surface area contributed by atoms with Crippen molar-refractivity contribution < 1.29 is 22.5 Å². The van der Waals surface area contributed by atoms with E-state index in [1.54, 1.807) is 30.3 Å². The molecule has 0 radical (unpaired) electrons. The third-order valence-electron chi connectivity index (χ3n) is 3.91. The van der Waals surface area contributed by atoms with E-state index in [9.17, 15) is 13.2 Å². The summed E-state index contributed by atoms with van der Waals surface area (Å²) in [5, 5.41) is 4.49. The third-order valence-corrected chi connectivity index (χ3v) is 5.99. The molecule has 0 aliphatic rings. The van der Waals surface area contributed by atoms with E-state index in [0.29, 0.717) is 16.5 Å². The minimum absolute atomic E-state index is 0.0757. The Hall–Kier alpha value is -2.68. The van der Waals surface area contributed by atoms with Crippen LogP contribution in [0.4, 0.5) is 0 Å². The maximum atomic E-state index is 12.2. The summed E-state index contributed by atoms with van der Waals surface area (Å²) in [4.78, 5) is 12.3. The highest BCUT2D eigenvalue weighted by atomic mass is 35.5. The zero-order chi connectivity index (χ0) is 20.3. The Labute approximate surface area is 167 Å². The fraction of sp³-hybridized carbons (Fsp3) is 0.158. The number of benzene rings is 2. The van der Waals surface area contributed by atoms with Crippen molar-refractivity contribution >= 4 is 27.6 Å². The molecule has 2 aromatic carbocycles. The molecule has 0 aliphatic carbocycles. The Bertz CT molecular complexity index is 1070. The van der Waals surface area contributed by atoms with Gasteiger partial charge in [-0.2, -0.15) is 0 Å². The van der Waals surface area contributed by atoms with Gasteiger partial charge in [0.1, 0.15) is 12.3 Å². The first-order chi connectivity index (χ1) is 13.3. The van der Waals surface area contributed by atoms with E-state index in [1.165, 1.54) is 38.4 Å². The first-order valence-electron chi connectivity index (χ1n) is 8.18. The summed E-state index contributed by atoms with van der Waals surface area (Å²) in [6.07, 6.45) is 0. The number of esters is 1. The molecule has 0 saturated carbocycles. The lowest BCUT2D eigenvalue weighted by Crippen LogP contribution is -2.22. The molecule has 0 unspecified atom stereocenters. The van der Waals surface area contributed by atoms with Crippen LogP contribution in [0.1, 0.15) is 16.1 Å². The van der Waals surface area contributed by atoms with Crippen LogP contribution in [0.3, 0.4) is 0 Å². The topological polar surface area (TPSA) is 89.7 Å². The molecule has 3 rings (SSSR count). The zero-order valence-corrected chi connectivity index (χ0v) is 16.7. The van der Waals surface area contributed by atoms with E-state index >= 15 is 0 Å². The largest absolute Gasteiger partial charge is 0.455 e. The van der Waals surface area contributed by atoms with Crippen LogP contribution in [0.5, 0.6) is 0 Å². The lowest BCUT2D eigenvalue weighted by Gasteiger charge is -2.11. The minimum Gasteiger partial charge on any atom is -0.455 e. The molecule has 1 aromatic heterocycles. The van der Waals surface area contributed by atoms with Gasteiger partial charge in [0.15, 0.2) is 5.76 Å². The fourth-order valence-corrected chi connectivity index (χ4v) is 3.35. The molecule has 0 amide bonds. The van der Waals surface area contributed by atoms with Gasteiger partial charge in [0, 0.05) is 30.7 Å². The molecule has 0 N–H and O–H groups in total. The van der Waals surface area contributed by atoms with Crippen molar-refractivity contribution in [1.29, 1.82) is 0 Å². The lowest BCUT2D eigenvalue weighted by atomic mass is 10.2. The summed E-state index contributed by atoms with van der Waals surface area (Å²) < 4.78 is 35.7. The van der Waals surface area contributed by atoms with Gasteiger partial charge in [0.05, 0.1) is 10.5 Å². The van der Waals surface area contributed by atoms with Crippen molar-refractivity contribution in [3.05, 3.63) is 70.9 Å². The summed E-state index contributed by atoms with van der Waals surface area (Å²) in [6, 6.07) is 14.3. The molecular formula is C19H17ClN2O5S. The number of rotatable bonds is 6. The summed E-state index contributed by atoms with van der Waals surface area (Å²) in [5.41, 5.74) is 1.48. The number of ether oxygens (including phenoxy) is 1. The first kappa shape index (κ1) is 20.1. The van der Waals surface area contributed by atoms with Crippen molar-refractivity contribution in [2.45, 2.75) is 11.5 Å². The molecule has 0 spiro atoms. The molecule has 28 heavy (non-hydrogen) atoms. The quantitative estimate of drug-likeness (QED) is 0.566. The average Bonchev–Trinajstić information content (AvgIpc) is 3.15. The summed E-state index contributed by atoms with van der Waals surface area (Å²) in [6.45, 7) is -0.0757. The molecule has 0 fully saturated rings. The molecular weight excluding hydrogens is 404 g/mol. The molecule has 1 heterocycles. The number of carbonyl (C=O) groups excluding carboxylic acids is 1. The fourth-order valence-electron chi connectivity index (χ4n) is 2.33. The van der Waals surface area contributed by atoms with Gasteiger partial charge < -0.3 is 9.26 Å². The standard InChI is InChI=1S/C19H17ClN2O5S/c1-22(2)28(24,25)17-9-5-14(6-10-17)19(23)26-12-16-11-18(27-21-16)13-3-7-15(20)8-4-13/h3-11H,12H2,1-2H3. The highest BCUT2D eigenvalue weighted by Gasteiger charge is 2.18. The maximum absolute atomic E-state index is 12.2. The second-order valence-electron chi connectivity index (χ2n) is 6.08. The Morgan fingerprint density at radius 2 is 1.75 bits per heavy atom. The van der Waals surface area contributed by atoms with Gasteiger partial charge in [-0.05, 0) is 48.5 Å². The Balaban J connectivity index is 1.64. The smallest absolute Gasteiger partial charge is 0.338 e. The molecule has 7 nitrogen and oxygen atoms in total. The van der Waals surface area contributed by atoms with Gasteiger partial charge in [0.25, 0.3) is 0 Å². The number of aromatic nitrogens is 1. The Kier molecular flexibility index (Phi) is 5.83. The van der Waals surface area contributed by atoms with Crippen LogP contribution >= 0.6 is 11.6 Å². The van der Waals surface area contributed by atoms with Crippen LogP contribution in [-0.4, -0.2) is 37.9 Å². The van der Waals surface area contributed by atoms with Crippen molar-refractivity contribution in [2.75, 3.05) is 14.1 Å². The van der Waals surface area contributed by atoms with Gasteiger partial charge in [-0.15, -0.1) is 0 Å². The van der Waals surface area contributed by atoms with Crippen LogP contribution in [-0.2, 0) is 21.4 Å². The van der Waals surface area contributed by atoms with Crippen LogP contribution < -0.4 is 0 Å². The second kappa shape index (κ2) is 8.14. The maximum Gasteiger partial charge on any atom is 0.338 e. The predicted octanol–water partition coefficient (Wildman–Crippen LogP) is 3.60. The molecule has 3 aromatic rings. The van der Waals surface area contributed by atoms with Crippen molar-refractivity contribution in [3.8, 4) is 11.3 Å².